The number of nitrogens with two attached hydrogens (primary N) is 1. The summed E-state index contributed by atoms with van der Waals surface area (Å²) in [5, 5.41) is 9.28. The number of benzene rings is 1. The van der Waals surface area contributed by atoms with Gasteiger partial charge in [0.2, 0.25) is 0 Å². The average Bonchev–Trinajstić information content (AvgIpc) is 2.98. The number of halogens is 2. The lowest BCUT2D eigenvalue weighted by atomic mass is 10.2. The maximum Gasteiger partial charge on any atom is 0.387 e. The topological polar surface area (TPSA) is 117 Å². The van der Waals surface area contributed by atoms with Gasteiger partial charge in [-0.05, 0) is 30.2 Å². The van der Waals surface area contributed by atoms with Crippen molar-refractivity contribution in [1.29, 1.82) is 5.26 Å². The molecule has 2 N–H and O–H groups in total. The van der Waals surface area contributed by atoms with Crippen LogP contribution >= 0.6 is 11.3 Å². The fourth-order valence-electron chi connectivity index (χ4n) is 2.60. The standard InChI is InChI=1S/C19H19F2N3O5S/c1-27-7-3-6-24-17(26)15(30-18(24)12(10-22)16(23)25)9-11-4-5-13(29-19(20)21)14(8-11)28-2/h4-5,8-9,19H,3,6-7H2,1-2H3,(H2,23,25)/b15-9-,18-12+. The number of carbonyl (C=O) groups excluding carboxylic acids is 1. The number of ether oxygens (including phenoxy) is 3. The molecule has 2 rings (SSSR count). The molecule has 0 spiro atoms. The SMILES string of the molecule is COCCCn1c(=O)/c(=C/c2ccc(OC(F)F)c(OC)c2)s/c1=C(\C#N)C(N)=O. The molecule has 0 fully saturated rings. The van der Waals surface area contributed by atoms with Crippen molar-refractivity contribution >= 4 is 28.9 Å². The summed E-state index contributed by atoms with van der Waals surface area (Å²) in [5.41, 5.74) is 5.00. The number of primary amides is 1. The Morgan fingerprint density at radius 2 is 2.10 bits per heavy atom. The van der Waals surface area contributed by atoms with Gasteiger partial charge in [0, 0.05) is 20.3 Å². The molecule has 1 aromatic carbocycles. The van der Waals surface area contributed by atoms with Crippen molar-refractivity contribution in [2.24, 2.45) is 5.73 Å². The first-order valence-corrected chi connectivity index (χ1v) is 9.41. The summed E-state index contributed by atoms with van der Waals surface area (Å²) in [5.74, 6) is -1.04. The molecule has 160 valence electrons. The molecule has 0 atom stereocenters. The molecule has 8 nitrogen and oxygen atoms in total. The van der Waals surface area contributed by atoms with Gasteiger partial charge in [0.25, 0.3) is 11.5 Å². The summed E-state index contributed by atoms with van der Waals surface area (Å²) in [7, 11) is 2.81. The molecule has 11 heteroatoms. The minimum atomic E-state index is -3.01. The van der Waals surface area contributed by atoms with E-state index in [0.717, 1.165) is 11.3 Å². The lowest BCUT2D eigenvalue weighted by Gasteiger charge is -2.09. The zero-order valence-electron chi connectivity index (χ0n) is 16.2. The maximum absolute atomic E-state index is 12.9. The molecule has 30 heavy (non-hydrogen) atoms. The number of alkyl halides is 2. The first-order chi connectivity index (χ1) is 14.3. The van der Waals surface area contributed by atoms with E-state index in [0.29, 0.717) is 18.6 Å². The second-order valence-corrected chi connectivity index (χ2v) is 6.89. The summed E-state index contributed by atoms with van der Waals surface area (Å²) in [4.78, 5) is 24.5. The molecule has 0 aliphatic rings. The van der Waals surface area contributed by atoms with Crippen LogP contribution in [0.3, 0.4) is 0 Å². The van der Waals surface area contributed by atoms with Crippen molar-refractivity contribution in [1.82, 2.24) is 4.57 Å². The Labute approximate surface area is 174 Å². The van der Waals surface area contributed by atoms with Crippen molar-refractivity contribution < 1.29 is 27.8 Å². The van der Waals surface area contributed by atoms with Crippen LogP contribution in [-0.4, -0.2) is 37.9 Å². The molecule has 0 saturated carbocycles. The lowest BCUT2D eigenvalue weighted by molar-refractivity contribution is -0.112. The highest BCUT2D eigenvalue weighted by Crippen LogP contribution is 2.29. The number of nitrogens with zero attached hydrogens (tertiary/aromatic N) is 2. The van der Waals surface area contributed by atoms with E-state index in [1.807, 2.05) is 0 Å². The first-order valence-electron chi connectivity index (χ1n) is 8.59. The number of carbonyl (C=O) groups is 1. The van der Waals surface area contributed by atoms with Gasteiger partial charge in [0.15, 0.2) is 17.1 Å². The van der Waals surface area contributed by atoms with E-state index in [4.69, 9.17) is 15.2 Å². The Kier molecular flexibility index (Phi) is 8.08. The van der Waals surface area contributed by atoms with Gasteiger partial charge in [-0.3, -0.25) is 14.2 Å². The van der Waals surface area contributed by atoms with E-state index in [9.17, 15) is 23.6 Å². The van der Waals surface area contributed by atoms with Gasteiger partial charge < -0.3 is 19.9 Å². The van der Waals surface area contributed by atoms with E-state index >= 15 is 0 Å². The van der Waals surface area contributed by atoms with Crippen LogP contribution in [-0.2, 0) is 16.1 Å². The second kappa shape index (κ2) is 10.5. The van der Waals surface area contributed by atoms with E-state index in [2.05, 4.69) is 4.74 Å². The van der Waals surface area contributed by atoms with Gasteiger partial charge in [-0.15, -0.1) is 11.3 Å². The molecule has 1 aromatic heterocycles. The molecular formula is C19H19F2N3O5S. The number of hydrogen-bond acceptors (Lipinski definition) is 7. The van der Waals surface area contributed by atoms with Gasteiger partial charge in [-0.1, -0.05) is 6.07 Å². The second-order valence-electron chi connectivity index (χ2n) is 5.86. The number of nitriles is 1. The molecule has 0 saturated heterocycles. The van der Waals surface area contributed by atoms with Crippen LogP contribution in [0.5, 0.6) is 11.5 Å². The number of thiazole rings is 1. The summed E-state index contributed by atoms with van der Waals surface area (Å²) in [6, 6.07) is 5.92. The predicted octanol–water partition coefficient (Wildman–Crippen LogP) is 0.545. The normalized spacial score (nSPS) is 12.6. The Morgan fingerprint density at radius 3 is 2.67 bits per heavy atom. The Bertz CT molecular complexity index is 1130. The number of aromatic nitrogens is 1. The third kappa shape index (κ3) is 5.43. The van der Waals surface area contributed by atoms with E-state index in [1.54, 1.807) is 6.07 Å². The average molecular weight is 439 g/mol. The van der Waals surface area contributed by atoms with Crippen LogP contribution in [0, 0.1) is 11.3 Å². The molecule has 0 radical (unpaired) electrons. The molecule has 1 heterocycles. The smallest absolute Gasteiger partial charge is 0.387 e. The van der Waals surface area contributed by atoms with Crippen LogP contribution in [0.15, 0.2) is 23.0 Å². The highest BCUT2D eigenvalue weighted by molar-refractivity contribution is 7.07. The monoisotopic (exact) mass is 439 g/mol. The maximum atomic E-state index is 12.9. The van der Waals surface area contributed by atoms with Crippen molar-refractivity contribution in [2.45, 2.75) is 19.6 Å². The van der Waals surface area contributed by atoms with Crippen molar-refractivity contribution in [3.05, 3.63) is 43.3 Å². The fourth-order valence-corrected chi connectivity index (χ4v) is 3.74. The number of hydrogen-bond donors (Lipinski definition) is 1. The molecule has 2 aromatic rings. The Balaban J connectivity index is 2.65. The van der Waals surface area contributed by atoms with E-state index in [1.165, 1.54) is 43.1 Å². The van der Waals surface area contributed by atoms with Gasteiger partial charge in [0.1, 0.15) is 10.7 Å². The molecular weight excluding hydrogens is 420 g/mol. The number of amides is 1. The van der Waals surface area contributed by atoms with Crippen LogP contribution in [0.4, 0.5) is 8.78 Å². The Hall–Kier alpha value is -3.23. The van der Waals surface area contributed by atoms with E-state index < -0.39 is 18.1 Å². The first kappa shape index (κ1) is 23.1. The summed E-state index contributed by atoms with van der Waals surface area (Å²) >= 11 is 0.930. The quantitative estimate of drug-likeness (QED) is 0.570. The summed E-state index contributed by atoms with van der Waals surface area (Å²) < 4.78 is 41.0. The minimum Gasteiger partial charge on any atom is -0.493 e. The highest BCUT2D eigenvalue weighted by Gasteiger charge is 2.14. The largest absolute Gasteiger partial charge is 0.493 e. The lowest BCUT2D eigenvalue weighted by Crippen LogP contribution is -2.34. The highest BCUT2D eigenvalue weighted by atomic mass is 32.1. The van der Waals surface area contributed by atoms with Crippen molar-refractivity contribution in [2.75, 3.05) is 20.8 Å². The molecule has 0 aliphatic carbocycles. The van der Waals surface area contributed by atoms with Crippen LogP contribution in [0.25, 0.3) is 11.6 Å². The van der Waals surface area contributed by atoms with Crippen LogP contribution < -0.4 is 30.0 Å². The van der Waals surface area contributed by atoms with Crippen molar-refractivity contribution in [3.63, 3.8) is 0 Å². The van der Waals surface area contributed by atoms with Crippen LogP contribution in [0.2, 0.25) is 0 Å². The van der Waals surface area contributed by atoms with Crippen LogP contribution in [0.1, 0.15) is 12.0 Å². The predicted molar refractivity (Wildman–Crippen MR) is 106 cm³/mol. The van der Waals surface area contributed by atoms with Gasteiger partial charge >= 0.3 is 6.61 Å². The van der Waals surface area contributed by atoms with Gasteiger partial charge in [-0.2, -0.15) is 14.0 Å². The third-order valence-electron chi connectivity index (χ3n) is 3.91. The van der Waals surface area contributed by atoms with E-state index in [-0.39, 0.29) is 32.8 Å². The fraction of sp³-hybridized carbons (Fsp3) is 0.316. The molecule has 0 unspecified atom stereocenters. The number of methoxy groups -OCH3 is 2. The molecule has 0 bridgehead atoms. The van der Waals surface area contributed by atoms with Crippen molar-refractivity contribution in [3.8, 4) is 17.6 Å². The summed E-state index contributed by atoms with van der Waals surface area (Å²) in [6.45, 7) is -2.42. The third-order valence-corrected chi connectivity index (χ3v) is 5.04. The van der Waals surface area contributed by atoms with Gasteiger partial charge in [-0.25, -0.2) is 0 Å². The zero-order valence-corrected chi connectivity index (χ0v) is 17.0. The number of rotatable bonds is 9. The van der Waals surface area contributed by atoms with Gasteiger partial charge in [0.05, 0.1) is 11.6 Å². The minimum absolute atomic E-state index is 0.0580. The molecule has 0 aliphatic heterocycles. The zero-order chi connectivity index (χ0) is 22.3. The molecule has 1 amide bonds. The summed E-state index contributed by atoms with van der Waals surface area (Å²) in [6.07, 6.45) is 1.97. The Morgan fingerprint density at radius 1 is 1.37 bits per heavy atom.